The SMILES string of the molecule is CC(=O)CC1(O)CSC1. The van der Waals surface area contributed by atoms with Gasteiger partial charge in [0.1, 0.15) is 5.78 Å². The van der Waals surface area contributed by atoms with Crippen LogP contribution in [0.5, 0.6) is 0 Å². The van der Waals surface area contributed by atoms with E-state index in [-0.39, 0.29) is 5.78 Å². The molecule has 0 aromatic carbocycles. The van der Waals surface area contributed by atoms with Gasteiger partial charge in [-0.2, -0.15) is 11.8 Å². The van der Waals surface area contributed by atoms with Gasteiger partial charge in [0.2, 0.25) is 0 Å². The van der Waals surface area contributed by atoms with Crippen LogP contribution >= 0.6 is 11.8 Å². The van der Waals surface area contributed by atoms with Crippen LogP contribution < -0.4 is 0 Å². The molecule has 1 fully saturated rings. The summed E-state index contributed by atoms with van der Waals surface area (Å²) in [6.07, 6.45) is 0.333. The highest BCUT2D eigenvalue weighted by Gasteiger charge is 2.36. The van der Waals surface area contributed by atoms with Gasteiger partial charge >= 0.3 is 0 Å². The number of hydrogen-bond acceptors (Lipinski definition) is 3. The summed E-state index contributed by atoms with van der Waals surface area (Å²) in [6.45, 7) is 1.51. The first-order valence-corrected chi connectivity index (χ1v) is 4.07. The van der Waals surface area contributed by atoms with Crippen molar-refractivity contribution in [1.29, 1.82) is 0 Å². The Kier molecular flexibility index (Phi) is 1.82. The van der Waals surface area contributed by atoms with Crippen LogP contribution in [0.2, 0.25) is 0 Å². The molecule has 2 nitrogen and oxygen atoms in total. The van der Waals surface area contributed by atoms with E-state index in [1.807, 2.05) is 0 Å². The van der Waals surface area contributed by atoms with E-state index in [1.165, 1.54) is 6.92 Å². The number of hydrogen-bond donors (Lipinski definition) is 1. The third kappa shape index (κ3) is 1.69. The zero-order valence-corrected chi connectivity index (χ0v) is 6.20. The highest BCUT2D eigenvalue weighted by molar-refractivity contribution is 8.00. The van der Waals surface area contributed by atoms with Gasteiger partial charge in [0.25, 0.3) is 0 Å². The molecule has 0 atom stereocenters. The third-order valence-electron chi connectivity index (χ3n) is 1.32. The van der Waals surface area contributed by atoms with Gasteiger partial charge in [-0.3, -0.25) is 4.79 Å². The van der Waals surface area contributed by atoms with Crippen LogP contribution in [-0.4, -0.2) is 28.0 Å². The number of aliphatic hydroxyl groups is 1. The highest BCUT2D eigenvalue weighted by Crippen LogP contribution is 2.31. The lowest BCUT2D eigenvalue weighted by molar-refractivity contribution is -0.120. The summed E-state index contributed by atoms with van der Waals surface area (Å²) in [7, 11) is 0. The quantitative estimate of drug-likeness (QED) is 0.614. The molecule has 0 aliphatic carbocycles. The van der Waals surface area contributed by atoms with Gasteiger partial charge in [0, 0.05) is 17.9 Å². The Morgan fingerprint density at radius 2 is 2.33 bits per heavy atom. The summed E-state index contributed by atoms with van der Waals surface area (Å²) in [6, 6.07) is 0. The largest absolute Gasteiger partial charge is 0.388 e. The maximum Gasteiger partial charge on any atom is 0.132 e. The van der Waals surface area contributed by atoms with Crippen LogP contribution in [0.25, 0.3) is 0 Å². The summed E-state index contributed by atoms with van der Waals surface area (Å²) >= 11 is 1.68. The minimum Gasteiger partial charge on any atom is -0.388 e. The lowest BCUT2D eigenvalue weighted by atomic mass is 10.0. The highest BCUT2D eigenvalue weighted by atomic mass is 32.2. The Bertz CT molecular complexity index is 129. The Morgan fingerprint density at radius 1 is 1.78 bits per heavy atom. The second-order valence-electron chi connectivity index (χ2n) is 2.60. The minimum atomic E-state index is -0.642. The number of carbonyl (C=O) groups is 1. The number of ketones is 1. The molecule has 0 unspecified atom stereocenters. The first kappa shape index (κ1) is 7.09. The van der Waals surface area contributed by atoms with Crippen molar-refractivity contribution in [3.63, 3.8) is 0 Å². The second-order valence-corrected chi connectivity index (χ2v) is 3.58. The zero-order chi connectivity index (χ0) is 6.91. The molecule has 0 radical (unpaired) electrons. The number of rotatable bonds is 2. The maximum atomic E-state index is 10.5. The molecular weight excluding hydrogens is 136 g/mol. The minimum absolute atomic E-state index is 0.0813. The molecule has 1 aliphatic rings. The smallest absolute Gasteiger partial charge is 0.132 e. The molecule has 0 spiro atoms. The normalized spacial score (nSPS) is 22.9. The molecule has 0 aromatic heterocycles. The second kappa shape index (κ2) is 2.31. The van der Waals surface area contributed by atoms with Crippen molar-refractivity contribution in [2.24, 2.45) is 0 Å². The summed E-state index contributed by atoms with van der Waals surface area (Å²) in [5.74, 6) is 1.54. The molecule has 52 valence electrons. The van der Waals surface area contributed by atoms with E-state index in [9.17, 15) is 9.90 Å². The molecule has 3 heteroatoms. The molecule has 0 aromatic rings. The van der Waals surface area contributed by atoms with Crippen LogP contribution in [0.1, 0.15) is 13.3 Å². The molecule has 0 bridgehead atoms. The molecule has 1 N–H and O–H groups in total. The molecule has 9 heavy (non-hydrogen) atoms. The topological polar surface area (TPSA) is 37.3 Å². The van der Waals surface area contributed by atoms with Crippen molar-refractivity contribution in [2.75, 3.05) is 11.5 Å². The van der Waals surface area contributed by atoms with Gasteiger partial charge in [-0.15, -0.1) is 0 Å². The van der Waals surface area contributed by atoms with E-state index in [2.05, 4.69) is 0 Å². The average Bonchev–Trinajstić information content (AvgIpc) is 1.60. The summed E-state index contributed by atoms with van der Waals surface area (Å²) in [4.78, 5) is 10.5. The zero-order valence-electron chi connectivity index (χ0n) is 5.39. The first-order chi connectivity index (χ1) is 4.12. The van der Waals surface area contributed by atoms with Gasteiger partial charge in [-0.25, -0.2) is 0 Å². The molecule has 1 heterocycles. The van der Waals surface area contributed by atoms with Crippen LogP contribution in [0.4, 0.5) is 0 Å². The predicted molar refractivity (Wildman–Crippen MR) is 37.6 cm³/mol. The lowest BCUT2D eigenvalue weighted by Crippen LogP contribution is -2.44. The Balaban J connectivity index is 2.33. The fourth-order valence-electron chi connectivity index (χ4n) is 0.903. The molecule has 1 rings (SSSR count). The molecule has 0 saturated carbocycles. The van der Waals surface area contributed by atoms with Crippen molar-refractivity contribution in [1.82, 2.24) is 0 Å². The maximum absolute atomic E-state index is 10.5. The molecule has 1 saturated heterocycles. The van der Waals surface area contributed by atoms with E-state index >= 15 is 0 Å². The molecule has 1 aliphatic heterocycles. The number of thioether (sulfide) groups is 1. The Morgan fingerprint density at radius 3 is 2.44 bits per heavy atom. The monoisotopic (exact) mass is 146 g/mol. The van der Waals surface area contributed by atoms with Gasteiger partial charge in [0.05, 0.1) is 5.60 Å². The van der Waals surface area contributed by atoms with E-state index in [1.54, 1.807) is 11.8 Å². The van der Waals surface area contributed by atoms with Crippen molar-refractivity contribution < 1.29 is 9.90 Å². The number of Topliss-reactive ketones (excluding diaryl/α,β-unsaturated/α-hetero) is 1. The average molecular weight is 146 g/mol. The standard InChI is InChI=1S/C6H10O2S/c1-5(7)2-6(8)3-9-4-6/h8H,2-4H2,1H3. The molecular formula is C6H10O2S. The number of carbonyl (C=O) groups excluding carboxylic acids is 1. The third-order valence-corrected chi connectivity index (χ3v) is 2.80. The van der Waals surface area contributed by atoms with E-state index in [0.717, 1.165) is 11.5 Å². The van der Waals surface area contributed by atoms with Crippen molar-refractivity contribution in [3.8, 4) is 0 Å². The predicted octanol–water partition coefficient (Wildman–Crippen LogP) is 0.443. The van der Waals surface area contributed by atoms with Crippen LogP contribution in [0.15, 0.2) is 0 Å². The van der Waals surface area contributed by atoms with Crippen LogP contribution in [-0.2, 0) is 4.79 Å². The first-order valence-electron chi connectivity index (χ1n) is 2.92. The van der Waals surface area contributed by atoms with Crippen molar-refractivity contribution in [3.05, 3.63) is 0 Å². The van der Waals surface area contributed by atoms with Crippen LogP contribution in [0.3, 0.4) is 0 Å². The van der Waals surface area contributed by atoms with Crippen molar-refractivity contribution >= 4 is 17.5 Å². The van der Waals surface area contributed by atoms with Gasteiger partial charge < -0.3 is 5.11 Å². The lowest BCUT2D eigenvalue weighted by Gasteiger charge is -2.34. The fraction of sp³-hybridized carbons (Fsp3) is 0.833. The summed E-state index contributed by atoms with van der Waals surface area (Å²) < 4.78 is 0. The van der Waals surface area contributed by atoms with Crippen molar-refractivity contribution in [2.45, 2.75) is 18.9 Å². The van der Waals surface area contributed by atoms with E-state index in [0.29, 0.717) is 6.42 Å². The van der Waals surface area contributed by atoms with Gasteiger partial charge in [0.15, 0.2) is 0 Å². The molecule has 0 amide bonds. The summed E-state index contributed by atoms with van der Waals surface area (Å²) in [5, 5.41) is 9.34. The fourth-order valence-corrected chi connectivity index (χ4v) is 1.78. The van der Waals surface area contributed by atoms with Crippen LogP contribution in [0, 0.1) is 0 Å². The Labute approximate surface area is 58.6 Å². The van der Waals surface area contributed by atoms with Gasteiger partial charge in [-0.05, 0) is 6.92 Å². The van der Waals surface area contributed by atoms with E-state index in [4.69, 9.17) is 0 Å². The Hall–Kier alpha value is -0.0200. The van der Waals surface area contributed by atoms with Gasteiger partial charge in [-0.1, -0.05) is 0 Å². The summed E-state index contributed by atoms with van der Waals surface area (Å²) in [5.41, 5.74) is -0.642. The van der Waals surface area contributed by atoms with E-state index < -0.39 is 5.60 Å².